The van der Waals surface area contributed by atoms with E-state index < -0.39 is 0 Å². The van der Waals surface area contributed by atoms with Gasteiger partial charge in [0.25, 0.3) is 5.69 Å². The molecule has 0 amide bonds. The molecule has 0 aromatic heterocycles. The molecule has 3 atom stereocenters. The van der Waals surface area contributed by atoms with E-state index in [0.717, 1.165) is 23.7 Å². The topological polar surface area (TPSA) is 55.2 Å². The van der Waals surface area contributed by atoms with Gasteiger partial charge in [0.05, 0.1) is 4.92 Å². The van der Waals surface area contributed by atoms with Crippen molar-refractivity contribution >= 4 is 11.4 Å². The zero-order chi connectivity index (χ0) is 12.7. The van der Waals surface area contributed by atoms with E-state index in [4.69, 9.17) is 0 Å². The molecule has 1 N–H and O–H groups in total. The van der Waals surface area contributed by atoms with Crippen LogP contribution >= 0.6 is 0 Å². The van der Waals surface area contributed by atoms with Gasteiger partial charge in [0, 0.05) is 18.5 Å². The number of nitro groups is 1. The fraction of sp³-hybridized carbons (Fsp3) is 0.571. The Kier molecular flexibility index (Phi) is 2.73. The number of rotatable bonds is 2. The normalized spacial score (nSPS) is 29.9. The highest BCUT2D eigenvalue weighted by molar-refractivity contribution is 5.70. The standard InChI is InChI=1S/C14H18N2O2/c1-9-5-6-10(7-9)12-8-15-14-11(12)3-2-4-13(14)16(17)18/h2-4,9-10,12,15H,5-8H2,1H3. The molecule has 96 valence electrons. The van der Waals surface area contributed by atoms with Crippen LogP contribution < -0.4 is 5.32 Å². The fourth-order valence-electron chi connectivity index (χ4n) is 3.57. The number of benzene rings is 1. The smallest absolute Gasteiger partial charge is 0.292 e. The summed E-state index contributed by atoms with van der Waals surface area (Å²) >= 11 is 0. The first kappa shape index (κ1) is 11.5. The fourth-order valence-corrected chi connectivity index (χ4v) is 3.57. The predicted octanol–water partition coefficient (Wildman–Crippen LogP) is 3.54. The van der Waals surface area contributed by atoms with Gasteiger partial charge in [0.1, 0.15) is 5.69 Å². The van der Waals surface area contributed by atoms with Crippen molar-refractivity contribution in [2.24, 2.45) is 11.8 Å². The van der Waals surface area contributed by atoms with Gasteiger partial charge in [-0.05, 0) is 30.2 Å². The number of para-hydroxylation sites is 1. The van der Waals surface area contributed by atoms with Crippen LogP contribution in [-0.4, -0.2) is 11.5 Å². The van der Waals surface area contributed by atoms with E-state index in [1.165, 1.54) is 19.3 Å². The lowest BCUT2D eigenvalue weighted by Crippen LogP contribution is -2.12. The van der Waals surface area contributed by atoms with Crippen molar-refractivity contribution in [2.45, 2.75) is 32.1 Å². The van der Waals surface area contributed by atoms with Gasteiger partial charge in [-0.25, -0.2) is 0 Å². The van der Waals surface area contributed by atoms with Gasteiger partial charge in [0.15, 0.2) is 0 Å². The predicted molar refractivity (Wildman–Crippen MR) is 70.8 cm³/mol. The number of nitro benzene ring substituents is 1. The average molecular weight is 246 g/mol. The molecule has 0 radical (unpaired) electrons. The van der Waals surface area contributed by atoms with Gasteiger partial charge in [-0.1, -0.05) is 25.5 Å². The largest absolute Gasteiger partial charge is 0.379 e. The molecule has 3 unspecified atom stereocenters. The highest BCUT2D eigenvalue weighted by Gasteiger charge is 2.36. The summed E-state index contributed by atoms with van der Waals surface area (Å²) in [4.78, 5) is 10.7. The summed E-state index contributed by atoms with van der Waals surface area (Å²) in [5, 5.41) is 14.3. The summed E-state index contributed by atoms with van der Waals surface area (Å²) in [7, 11) is 0. The van der Waals surface area contributed by atoms with Gasteiger partial charge in [-0.15, -0.1) is 0 Å². The molecule has 1 aliphatic carbocycles. The molecule has 0 spiro atoms. The van der Waals surface area contributed by atoms with Crippen molar-refractivity contribution < 1.29 is 4.92 Å². The summed E-state index contributed by atoms with van der Waals surface area (Å²) < 4.78 is 0. The third kappa shape index (κ3) is 1.76. The Morgan fingerprint density at radius 2 is 2.22 bits per heavy atom. The molecule has 1 fully saturated rings. The third-order valence-corrected chi connectivity index (χ3v) is 4.47. The van der Waals surface area contributed by atoms with E-state index in [2.05, 4.69) is 18.3 Å². The Hall–Kier alpha value is -1.58. The van der Waals surface area contributed by atoms with Crippen LogP contribution in [0.3, 0.4) is 0 Å². The molecule has 1 saturated carbocycles. The van der Waals surface area contributed by atoms with Gasteiger partial charge in [0.2, 0.25) is 0 Å². The van der Waals surface area contributed by atoms with Crippen LogP contribution in [0.1, 0.15) is 37.7 Å². The zero-order valence-corrected chi connectivity index (χ0v) is 10.6. The van der Waals surface area contributed by atoms with Gasteiger partial charge < -0.3 is 5.32 Å². The highest BCUT2D eigenvalue weighted by Crippen LogP contribution is 2.47. The van der Waals surface area contributed by atoms with Crippen LogP contribution in [0.15, 0.2) is 18.2 Å². The molecule has 1 heterocycles. The van der Waals surface area contributed by atoms with E-state index in [1.807, 2.05) is 6.07 Å². The second kappa shape index (κ2) is 4.26. The van der Waals surface area contributed by atoms with Crippen LogP contribution in [-0.2, 0) is 0 Å². The summed E-state index contributed by atoms with van der Waals surface area (Å²) in [6, 6.07) is 5.46. The summed E-state index contributed by atoms with van der Waals surface area (Å²) in [5.41, 5.74) is 2.14. The summed E-state index contributed by atoms with van der Waals surface area (Å²) in [6.07, 6.45) is 3.82. The lowest BCUT2D eigenvalue weighted by molar-refractivity contribution is -0.383. The molecule has 4 nitrogen and oxygen atoms in total. The Balaban J connectivity index is 1.92. The second-order valence-electron chi connectivity index (χ2n) is 5.66. The minimum Gasteiger partial charge on any atom is -0.379 e. The number of hydrogen-bond donors (Lipinski definition) is 1. The van der Waals surface area contributed by atoms with E-state index in [-0.39, 0.29) is 10.6 Å². The van der Waals surface area contributed by atoms with Crippen LogP contribution in [0.5, 0.6) is 0 Å². The molecule has 1 aliphatic heterocycles. The Morgan fingerprint density at radius 3 is 2.89 bits per heavy atom. The van der Waals surface area contributed by atoms with Gasteiger partial charge in [-0.2, -0.15) is 0 Å². The van der Waals surface area contributed by atoms with Crippen LogP contribution in [0, 0.1) is 22.0 Å². The van der Waals surface area contributed by atoms with Gasteiger partial charge in [-0.3, -0.25) is 10.1 Å². The maximum absolute atomic E-state index is 11.0. The first-order valence-corrected chi connectivity index (χ1v) is 6.68. The Bertz CT molecular complexity index is 487. The quantitative estimate of drug-likeness (QED) is 0.641. The monoisotopic (exact) mass is 246 g/mol. The van der Waals surface area contributed by atoms with Crippen molar-refractivity contribution in [2.75, 3.05) is 11.9 Å². The number of nitrogens with zero attached hydrogens (tertiary/aromatic N) is 1. The van der Waals surface area contributed by atoms with Crippen molar-refractivity contribution in [3.05, 3.63) is 33.9 Å². The van der Waals surface area contributed by atoms with Crippen molar-refractivity contribution in [3.63, 3.8) is 0 Å². The van der Waals surface area contributed by atoms with Crippen LogP contribution in [0.4, 0.5) is 11.4 Å². The van der Waals surface area contributed by atoms with Crippen molar-refractivity contribution in [1.29, 1.82) is 0 Å². The first-order chi connectivity index (χ1) is 8.66. The third-order valence-electron chi connectivity index (χ3n) is 4.47. The SMILES string of the molecule is CC1CCC(C2CNc3c2cccc3[N+](=O)[O-])C1. The van der Waals surface area contributed by atoms with Crippen LogP contribution in [0.2, 0.25) is 0 Å². The molecule has 2 aliphatic rings. The molecule has 1 aromatic carbocycles. The molecular weight excluding hydrogens is 228 g/mol. The minimum absolute atomic E-state index is 0.223. The maximum Gasteiger partial charge on any atom is 0.292 e. The number of nitrogens with one attached hydrogen (secondary N) is 1. The number of fused-ring (bicyclic) bond motifs is 1. The summed E-state index contributed by atoms with van der Waals surface area (Å²) in [6.45, 7) is 3.16. The van der Waals surface area contributed by atoms with Crippen molar-refractivity contribution in [1.82, 2.24) is 0 Å². The first-order valence-electron chi connectivity index (χ1n) is 6.68. The number of hydrogen-bond acceptors (Lipinski definition) is 3. The lowest BCUT2D eigenvalue weighted by Gasteiger charge is -2.18. The second-order valence-corrected chi connectivity index (χ2v) is 5.66. The molecule has 1 aromatic rings. The molecule has 3 rings (SSSR count). The van der Waals surface area contributed by atoms with Crippen LogP contribution in [0.25, 0.3) is 0 Å². The van der Waals surface area contributed by atoms with E-state index in [9.17, 15) is 10.1 Å². The zero-order valence-electron chi connectivity index (χ0n) is 10.6. The molecule has 4 heteroatoms. The average Bonchev–Trinajstić information content (AvgIpc) is 2.93. The van der Waals surface area contributed by atoms with E-state index in [0.29, 0.717) is 11.8 Å². The molecular formula is C14H18N2O2. The van der Waals surface area contributed by atoms with Gasteiger partial charge >= 0.3 is 0 Å². The molecule has 0 bridgehead atoms. The maximum atomic E-state index is 11.0. The van der Waals surface area contributed by atoms with Crippen molar-refractivity contribution in [3.8, 4) is 0 Å². The minimum atomic E-state index is -0.286. The Morgan fingerprint density at radius 1 is 1.39 bits per heavy atom. The molecule has 18 heavy (non-hydrogen) atoms. The highest BCUT2D eigenvalue weighted by atomic mass is 16.6. The Labute approximate surface area is 107 Å². The molecule has 0 saturated heterocycles. The summed E-state index contributed by atoms with van der Waals surface area (Å²) in [5.74, 6) is 1.96. The lowest BCUT2D eigenvalue weighted by atomic mass is 9.86. The van der Waals surface area contributed by atoms with E-state index in [1.54, 1.807) is 6.07 Å². The number of anilines is 1. The van der Waals surface area contributed by atoms with E-state index >= 15 is 0 Å².